The first kappa shape index (κ1) is 16.2. The van der Waals surface area contributed by atoms with E-state index in [1.165, 1.54) is 28.0 Å². The smallest absolute Gasteiger partial charge is 0.233 e. The lowest BCUT2D eigenvalue weighted by Crippen LogP contribution is -3.12. The first-order valence-corrected chi connectivity index (χ1v) is 9.38. The fraction of sp³-hybridized carbons (Fsp3) is 0.400. The Balaban J connectivity index is 1.48. The van der Waals surface area contributed by atoms with Crippen LogP contribution in [0, 0.1) is 0 Å². The second-order valence-electron chi connectivity index (χ2n) is 5.49. The summed E-state index contributed by atoms with van der Waals surface area (Å²) in [4.78, 5) is 15.6. The highest BCUT2D eigenvalue weighted by Crippen LogP contribution is 2.27. The summed E-state index contributed by atoms with van der Waals surface area (Å²) in [5, 5.41) is 12.2. The number of nitrogens with zero attached hydrogens (tertiary/aromatic N) is 3. The lowest BCUT2D eigenvalue weighted by Gasteiger charge is -2.29. The zero-order valence-electron chi connectivity index (χ0n) is 13.0. The van der Waals surface area contributed by atoms with Crippen molar-refractivity contribution in [1.82, 2.24) is 15.1 Å². The van der Waals surface area contributed by atoms with Crippen molar-refractivity contribution in [3.8, 4) is 0 Å². The molecule has 23 heavy (non-hydrogen) atoms. The topological polar surface area (TPSA) is 62.6 Å². The van der Waals surface area contributed by atoms with E-state index in [1.807, 2.05) is 35.2 Å². The second kappa shape index (κ2) is 7.76. The molecule has 1 amide bonds. The zero-order chi connectivity index (χ0) is 16.1. The van der Waals surface area contributed by atoms with Gasteiger partial charge in [0, 0.05) is 5.69 Å². The number of hydrogen-bond donors (Lipinski definition) is 2. The maximum atomic E-state index is 12.2. The number of nitrogens with one attached hydrogen (secondary N) is 2. The van der Waals surface area contributed by atoms with Crippen LogP contribution in [0.2, 0.25) is 0 Å². The minimum absolute atomic E-state index is 0.190. The molecule has 0 bridgehead atoms. The molecule has 122 valence electrons. The van der Waals surface area contributed by atoms with Crippen molar-refractivity contribution < 1.29 is 9.69 Å². The molecule has 0 atom stereocenters. The van der Waals surface area contributed by atoms with Crippen molar-refractivity contribution in [3.63, 3.8) is 0 Å². The Labute approximate surface area is 143 Å². The number of aromatic nitrogens is 2. The summed E-state index contributed by atoms with van der Waals surface area (Å²) in [7, 11) is 2.17. The molecular formula is C15H20N5OS2+. The SMILES string of the molecule is C[NH+]1CCN(C(=O)CSc2nnc(Nc3ccccc3)s2)CC1. The fourth-order valence-electron chi connectivity index (χ4n) is 2.32. The summed E-state index contributed by atoms with van der Waals surface area (Å²) in [6, 6.07) is 9.86. The van der Waals surface area contributed by atoms with Crippen LogP contribution in [-0.4, -0.2) is 60.0 Å². The first-order chi connectivity index (χ1) is 11.2. The quantitative estimate of drug-likeness (QED) is 0.779. The molecule has 0 radical (unpaired) electrons. The third-order valence-corrected chi connectivity index (χ3v) is 5.68. The van der Waals surface area contributed by atoms with Crippen molar-refractivity contribution in [2.75, 3.05) is 44.3 Å². The summed E-state index contributed by atoms with van der Waals surface area (Å²) < 4.78 is 0.816. The van der Waals surface area contributed by atoms with E-state index >= 15 is 0 Å². The van der Waals surface area contributed by atoms with Crippen LogP contribution >= 0.6 is 23.1 Å². The van der Waals surface area contributed by atoms with Crippen LogP contribution < -0.4 is 10.2 Å². The van der Waals surface area contributed by atoms with Crippen LogP contribution in [0.25, 0.3) is 0 Å². The highest BCUT2D eigenvalue weighted by atomic mass is 32.2. The number of rotatable bonds is 5. The van der Waals surface area contributed by atoms with Crippen LogP contribution in [0.4, 0.5) is 10.8 Å². The van der Waals surface area contributed by atoms with Gasteiger partial charge in [0.25, 0.3) is 0 Å². The molecule has 0 spiro atoms. The monoisotopic (exact) mass is 350 g/mol. The summed E-state index contributed by atoms with van der Waals surface area (Å²) in [5.74, 6) is 0.620. The Morgan fingerprint density at radius 1 is 1.30 bits per heavy atom. The molecule has 1 aliphatic rings. The van der Waals surface area contributed by atoms with Gasteiger partial charge in [-0.05, 0) is 12.1 Å². The number of likely N-dealkylation sites (N-methyl/N-ethyl adjacent to an activating group) is 1. The fourth-order valence-corrected chi connectivity index (χ4v) is 3.99. The molecular weight excluding hydrogens is 330 g/mol. The number of anilines is 2. The number of benzene rings is 1. The van der Waals surface area contributed by atoms with Crippen LogP contribution in [0.15, 0.2) is 34.7 Å². The molecule has 1 saturated heterocycles. The average molecular weight is 350 g/mol. The maximum absolute atomic E-state index is 12.2. The van der Waals surface area contributed by atoms with E-state index in [-0.39, 0.29) is 5.91 Å². The number of hydrogen-bond acceptors (Lipinski definition) is 6. The van der Waals surface area contributed by atoms with Crippen molar-refractivity contribution in [2.45, 2.75) is 4.34 Å². The van der Waals surface area contributed by atoms with Gasteiger partial charge in [-0.2, -0.15) is 0 Å². The Bertz CT molecular complexity index is 640. The lowest BCUT2D eigenvalue weighted by molar-refractivity contribution is -0.883. The Hall–Kier alpha value is -1.64. The third-order valence-electron chi connectivity index (χ3n) is 3.72. The molecule has 2 N–H and O–H groups in total. The molecule has 0 saturated carbocycles. The molecule has 8 heteroatoms. The highest BCUT2D eigenvalue weighted by Gasteiger charge is 2.21. The second-order valence-corrected chi connectivity index (χ2v) is 7.69. The van der Waals surface area contributed by atoms with E-state index in [4.69, 9.17) is 0 Å². The summed E-state index contributed by atoms with van der Waals surface area (Å²) in [6.07, 6.45) is 0. The molecule has 1 aromatic heterocycles. The average Bonchev–Trinajstić information content (AvgIpc) is 3.02. The Morgan fingerprint density at radius 2 is 2.04 bits per heavy atom. The molecule has 1 aromatic carbocycles. The molecule has 3 rings (SSSR count). The van der Waals surface area contributed by atoms with Crippen molar-refractivity contribution >= 4 is 39.8 Å². The maximum Gasteiger partial charge on any atom is 0.233 e. The van der Waals surface area contributed by atoms with Gasteiger partial charge in [-0.25, -0.2) is 0 Å². The lowest BCUT2D eigenvalue weighted by atomic mass is 10.3. The van der Waals surface area contributed by atoms with Gasteiger partial charge in [-0.3, -0.25) is 4.79 Å². The number of quaternary nitrogens is 1. The summed E-state index contributed by atoms with van der Waals surface area (Å²) >= 11 is 2.93. The van der Waals surface area contributed by atoms with E-state index in [0.717, 1.165) is 41.3 Å². The Morgan fingerprint density at radius 3 is 2.78 bits per heavy atom. The van der Waals surface area contributed by atoms with Gasteiger partial charge in [0.05, 0.1) is 39.0 Å². The van der Waals surface area contributed by atoms with Crippen molar-refractivity contribution in [1.29, 1.82) is 0 Å². The first-order valence-electron chi connectivity index (χ1n) is 7.58. The van der Waals surface area contributed by atoms with Gasteiger partial charge < -0.3 is 15.1 Å². The summed E-state index contributed by atoms with van der Waals surface area (Å²) in [5.41, 5.74) is 0.983. The minimum Gasteiger partial charge on any atom is -0.334 e. The number of carbonyl (C=O) groups excluding carboxylic acids is 1. The molecule has 1 aliphatic heterocycles. The van der Waals surface area contributed by atoms with Crippen molar-refractivity contribution in [2.24, 2.45) is 0 Å². The van der Waals surface area contributed by atoms with Crippen molar-refractivity contribution in [3.05, 3.63) is 30.3 Å². The van der Waals surface area contributed by atoms with Crippen LogP contribution in [0.1, 0.15) is 0 Å². The molecule has 1 fully saturated rings. The number of piperazine rings is 1. The van der Waals surface area contributed by atoms with E-state index in [0.29, 0.717) is 5.75 Å². The third kappa shape index (κ3) is 4.66. The highest BCUT2D eigenvalue weighted by molar-refractivity contribution is 8.01. The van der Waals surface area contributed by atoms with Gasteiger partial charge in [0.2, 0.25) is 11.0 Å². The van der Waals surface area contributed by atoms with E-state index in [9.17, 15) is 4.79 Å². The normalized spacial score (nSPS) is 15.6. The van der Waals surface area contributed by atoms with Crippen LogP contribution in [0.5, 0.6) is 0 Å². The molecule has 0 unspecified atom stereocenters. The van der Waals surface area contributed by atoms with E-state index < -0.39 is 0 Å². The molecule has 2 heterocycles. The largest absolute Gasteiger partial charge is 0.334 e. The predicted octanol–water partition coefficient (Wildman–Crippen LogP) is 0.731. The molecule has 0 aliphatic carbocycles. The van der Waals surface area contributed by atoms with Crippen LogP contribution in [-0.2, 0) is 4.79 Å². The van der Waals surface area contributed by atoms with E-state index in [2.05, 4.69) is 22.6 Å². The van der Waals surface area contributed by atoms with Gasteiger partial charge in [-0.15, -0.1) is 10.2 Å². The number of thioether (sulfide) groups is 1. The molecule has 2 aromatic rings. The van der Waals surface area contributed by atoms with Gasteiger partial charge in [0.15, 0.2) is 4.34 Å². The predicted molar refractivity (Wildman–Crippen MR) is 93.6 cm³/mol. The molecule has 6 nitrogen and oxygen atoms in total. The standard InChI is InChI=1S/C15H19N5OS2/c1-19-7-9-20(10-8-19)13(21)11-22-15-18-17-14(23-15)16-12-5-3-2-4-6-12/h2-6H,7-11H2,1H3,(H,16,17)/p+1. The van der Waals surface area contributed by atoms with Gasteiger partial charge in [0.1, 0.15) is 0 Å². The minimum atomic E-state index is 0.190. The number of para-hydroxylation sites is 1. The summed E-state index contributed by atoms with van der Waals surface area (Å²) in [6.45, 7) is 3.75. The van der Waals surface area contributed by atoms with Crippen LogP contribution in [0.3, 0.4) is 0 Å². The van der Waals surface area contributed by atoms with Gasteiger partial charge in [-0.1, -0.05) is 41.3 Å². The zero-order valence-corrected chi connectivity index (χ0v) is 14.6. The number of carbonyl (C=O) groups is 1. The van der Waals surface area contributed by atoms with Gasteiger partial charge >= 0.3 is 0 Å². The Kier molecular flexibility index (Phi) is 5.47. The van der Waals surface area contributed by atoms with E-state index in [1.54, 1.807) is 0 Å². The number of amides is 1.